The SMILES string of the molecule is CSCC[C@@H](NC(=O)C(C)NC(N)=O)C(=O)O. The number of amides is 3. The van der Waals surface area contributed by atoms with Crippen LogP contribution in [0, 0.1) is 0 Å². The molecule has 0 spiro atoms. The summed E-state index contributed by atoms with van der Waals surface area (Å²) in [5.74, 6) is -1.05. The number of aliphatic carboxylic acids is 1. The number of carboxylic acid groups (broad SMARTS) is 1. The quantitative estimate of drug-likeness (QED) is 0.487. The fraction of sp³-hybridized carbons (Fsp3) is 0.667. The van der Waals surface area contributed by atoms with E-state index in [0.29, 0.717) is 12.2 Å². The van der Waals surface area contributed by atoms with E-state index < -0.39 is 30.0 Å². The Labute approximate surface area is 104 Å². The van der Waals surface area contributed by atoms with E-state index in [1.807, 2.05) is 6.26 Å². The smallest absolute Gasteiger partial charge is 0.326 e. The van der Waals surface area contributed by atoms with Crippen molar-refractivity contribution in [3.8, 4) is 0 Å². The molecular formula is C9H17N3O4S. The summed E-state index contributed by atoms with van der Waals surface area (Å²) in [7, 11) is 0. The zero-order valence-corrected chi connectivity index (χ0v) is 10.5. The number of rotatable bonds is 7. The van der Waals surface area contributed by atoms with Crippen LogP contribution in [0.2, 0.25) is 0 Å². The highest BCUT2D eigenvalue weighted by molar-refractivity contribution is 7.98. The van der Waals surface area contributed by atoms with Gasteiger partial charge in [-0.25, -0.2) is 9.59 Å². The van der Waals surface area contributed by atoms with Gasteiger partial charge in [0.05, 0.1) is 0 Å². The van der Waals surface area contributed by atoms with Crippen molar-refractivity contribution in [2.24, 2.45) is 5.73 Å². The van der Waals surface area contributed by atoms with E-state index in [1.54, 1.807) is 0 Å². The fourth-order valence-electron chi connectivity index (χ4n) is 1.07. The van der Waals surface area contributed by atoms with E-state index in [0.717, 1.165) is 0 Å². The Balaban J connectivity index is 4.29. The van der Waals surface area contributed by atoms with Gasteiger partial charge >= 0.3 is 12.0 Å². The van der Waals surface area contributed by atoms with Crippen molar-refractivity contribution >= 4 is 29.7 Å². The van der Waals surface area contributed by atoms with Crippen LogP contribution >= 0.6 is 11.8 Å². The first kappa shape index (κ1) is 15.6. The highest BCUT2D eigenvalue weighted by atomic mass is 32.2. The summed E-state index contributed by atoms with van der Waals surface area (Å²) in [5, 5.41) is 13.4. The lowest BCUT2D eigenvalue weighted by molar-refractivity contribution is -0.142. The molecule has 0 aliphatic carbocycles. The summed E-state index contributed by atoms with van der Waals surface area (Å²) in [6.45, 7) is 1.42. The third-order valence-corrected chi connectivity index (χ3v) is 2.62. The number of nitrogens with two attached hydrogens (primary N) is 1. The molecule has 8 heteroatoms. The predicted octanol–water partition coefficient (Wildman–Crippen LogP) is -0.634. The molecule has 0 saturated carbocycles. The standard InChI is InChI=1S/C9H17N3O4S/c1-5(11-9(10)16)7(13)12-6(8(14)15)3-4-17-2/h5-6H,3-4H2,1-2H3,(H,12,13)(H,14,15)(H3,10,11,16)/t5?,6-/m1/s1. The average Bonchev–Trinajstić information content (AvgIpc) is 2.22. The Morgan fingerprint density at radius 3 is 2.35 bits per heavy atom. The minimum atomic E-state index is -1.10. The number of primary amides is 1. The first-order valence-corrected chi connectivity index (χ1v) is 6.36. The second kappa shape index (κ2) is 7.77. The Morgan fingerprint density at radius 1 is 1.35 bits per heavy atom. The van der Waals surface area contributed by atoms with Gasteiger partial charge in [-0.1, -0.05) is 0 Å². The number of urea groups is 1. The number of thioether (sulfide) groups is 1. The molecule has 0 saturated heterocycles. The zero-order chi connectivity index (χ0) is 13.4. The number of nitrogens with one attached hydrogen (secondary N) is 2. The molecule has 17 heavy (non-hydrogen) atoms. The number of carboxylic acids is 1. The maximum absolute atomic E-state index is 11.5. The van der Waals surface area contributed by atoms with Crippen molar-refractivity contribution < 1.29 is 19.5 Å². The Kier molecular flexibility index (Phi) is 7.11. The van der Waals surface area contributed by atoms with Crippen molar-refractivity contribution in [3.05, 3.63) is 0 Å². The van der Waals surface area contributed by atoms with Gasteiger partial charge < -0.3 is 21.5 Å². The largest absolute Gasteiger partial charge is 0.480 e. The van der Waals surface area contributed by atoms with Gasteiger partial charge in [0, 0.05) is 0 Å². The summed E-state index contributed by atoms with van der Waals surface area (Å²) in [6, 6.07) is -2.64. The van der Waals surface area contributed by atoms with E-state index in [-0.39, 0.29) is 0 Å². The van der Waals surface area contributed by atoms with Crippen LogP contribution in [0.15, 0.2) is 0 Å². The monoisotopic (exact) mass is 263 g/mol. The molecule has 0 bridgehead atoms. The lowest BCUT2D eigenvalue weighted by Gasteiger charge is -2.17. The molecule has 98 valence electrons. The van der Waals surface area contributed by atoms with Crippen molar-refractivity contribution in [2.75, 3.05) is 12.0 Å². The van der Waals surface area contributed by atoms with Crippen LogP contribution in [0.5, 0.6) is 0 Å². The summed E-state index contributed by atoms with van der Waals surface area (Å²) in [5.41, 5.74) is 4.85. The molecule has 0 aromatic heterocycles. The van der Waals surface area contributed by atoms with Gasteiger partial charge in [-0.2, -0.15) is 11.8 Å². The second-order valence-corrected chi connectivity index (χ2v) is 4.40. The van der Waals surface area contributed by atoms with Crippen LogP contribution in [0.1, 0.15) is 13.3 Å². The minimum Gasteiger partial charge on any atom is -0.480 e. The number of hydrogen-bond acceptors (Lipinski definition) is 4. The van der Waals surface area contributed by atoms with Gasteiger partial charge in [0.1, 0.15) is 12.1 Å². The van der Waals surface area contributed by atoms with E-state index in [2.05, 4.69) is 10.6 Å². The molecule has 5 N–H and O–H groups in total. The molecule has 0 aliphatic rings. The summed E-state index contributed by atoms with van der Waals surface area (Å²) >= 11 is 1.49. The third kappa shape index (κ3) is 6.67. The van der Waals surface area contributed by atoms with Crippen molar-refractivity contribution in [2.45, 2.75) is 25.4 Å². The molecule has 0 aromatic carbocycles. The molecule has 7 nitrogen and oxygen atoms in total. The topological polar surface area (TPSA) is 122 Å². The zero-order valence-electron chi connectivity index (χ0n) is 9.73. The first-order chi connectivity index (χ1) is 7.88. The summed E-state index contributed by atoms with van der Waals surface area (Å²) < 4.78 is 0. The molecule has 2 atom stereocenters. The minimum absolute atomic E-state index is 0.325. The van der Waals surface area contributed by atoms with Gasteiger partial charge in [-0.05, 0) is 25.4 Å². The fourth-order valence-corrected chi connectivity index (χ4v) is 1.54. The molecule has 0 rings (SSSR count). The van der Waals surface area contributed by atoms with Crippen molar-refractivity contribution in [1.29, 1.82) is 0 Å². The lowest BCUT2D eigenvalue weighted by atomic mass is 10.2. The van der Waals surface area contributed by atoms with Crippen LogP contribution in [-0.2, 0) is 9.59 Å². The van der Waals surface area contributed by atoms with Crippen LogP contribution in [0.25, 0.3) is 0 Å². The maximum atomic E-state index is 11.5. The van der Waals surface area contributed by atoms with E-state index in [1.165, 1.54) is 18.7 Å². The van der Waals surface area contributed by atoms with Crippen LogP contribution in [-0.4, -0.2) is 47.1 Å². The van der Waals surface area contributed by atoms with E-state index in [4.69, 9.17) is 10.8 Å². The van der Waals surface area contributed by atoms with Crippen LogP contribution in [0.3, 0.4) is 0 Å². The predicted molar refractivity (Wildman–Crippen MR) is 64.7 cm³/mol. The van der Waals surface area contributed by atoms with Crippen LogP contribution in [0.4, 0.5) is 4.79 Å². The molecule has 0 aliphatic heterocycles. The van der Waals surface area contributed by atoms with Gasteiger partial charge in [0.2, 0.25) is 5.91 Å². The number of carbonyl (C=O) groups excluding carboxylic acids is 2. The highest BCUT2D eigenvalue weighted by Crippen LogP contribution is 2.01. The molecule has 1 unspecified atom stereocenters. The second-order valence-electron chi connectivity index (χ2n) is 3.41. The molecule has 0 fully saturated rings. The highest BCUT2D eigenvalue weighted by Gasteiger charge is 2.22. The number of hydrogen-bond donors (Lipinski definition) is 4. The van der Waals surface area contributed by atoms with E-state index in [9.17, 15) is 14.4 Å². The molecule has 0 heterocycles. The Hall–Kier alpha value is -1.44. The molecular weight excluding hydrogens is 246 g/mol. The maximum Gasteiger partial charge on any atom is 0.326 e. The van der Waals surface area contributed by atoms with Crippen LogP contribution < -0.4 is 16.4 Å². The number of carbonyl (C=O) groups is 3. The lowest BCUT2D eigenvalue weighted by Crippen LogP contribution is -2.51. The normalized spacial score (nSPS) is 13.5. The molecule has 0 aromatic rings. The summed E-state index contributed by atoms with van der Waals surface area (Å²) in [4.78, 5) is 32.9. The summed E-state index contributed by atoms with van der Waals surface area (Å²) in [6.07, 6.45) is 2.17. The third-order valence-electron chi connectivity index (χ3n) is 1.98. The van der Waals surface area contributed by atoms with Gasteiger partial charge in [-0.15, -0.1) is 0 Å². The Bertz CT molecular complexity index is 298. The van der Waals surface area contributed by atoms with E-state index >= 15 is 0 Å². The van der Waals surface area contributed by atoms with Gasteiger partial charge in [0.25, 0.3) is 0 Å². The van der Waals surface area contributed by atoms with Crippen molar-refractivity contribution in [3.63, 3.8) is 0 Å². The molecule has 3 amide bonds. The first-order valence-electron chi connectivity index (χ1n) is 4.96. The van der Waals surface area contributed by atoms with Gasteiger partial charge in [0.15, 0.2) is 0 Å². The Morgan fingerprint density at radius 2 is 1.94 bits per heavy atom. The molecule has 0 radical (unpaired) electrons. The van der Waals surface area contributed by atoms with Crippen molar-refractivity contribution in [1.82, 2.24) is 10.6 Å². The average molecular weight is 263 g/mol. The van der Waals surface area contributed by atoms with Gasteiger partial charge in [-0.3, -0.25) is 4.79 Å².